The average Bonchev–Trinajstić information content (AvgIpc) is 2.19. The van der Waals surface area contributed by atoms with Gasteiger partial charge >= 0.3 is 5.97 Å². The molecule has 1 aliphatic rings. The van der Waals surface area contributed by atoms with Crippen LogP contribution in [0.2, 0.25) is 0 Å². The molecule has 1 rings (SSSR count). The van der Waals surface area contributed by atoms with Gasteiger partial charge < -0.3 is 9.64 Å². The summed E-state index contributed by atoms with van der Waals surface area (Å²) in [7, 11) is 1.48. The van der Waals surface area contributed by atoms with Crippen molar-refractivity contribution in [2.24, 2.45) is 11.8 Å². The van der Waals surface area contributed by atoms with Crippen LogP contribution in [-0.2, 0) is 9.53 Å². The van der Waals surface area contributed by atoms with Crippen molar-refractivity contribution in [1.29, 1.82) is 0 Å². The van der Waals surface area contributed by atoms with E-state index in [-0.39, 0.29) is 11.9 Å². The van der Waals surface area contributed by atoms with E-state index in [4.69, 9.17) is 4.74 Å². The maximum Gasteiger partial charge on any atom is 0.308 e. The summed E-state index contributed by atoms with van der Waals surface area (Å²) < 4.78 is 4.80. The molecule has 2 atom stereocenters. The Morgan fingerprint density at radius 2 is 2.20 bits per heavy atom. The maximum absolute atomic E-state index is 11.4. The summed E-state index contributed by atoms with van der Waals surface area (Å²) in [6.45, 7) is 8.84. The van der Waals surface area contributed by atoms with E-state index in [9.17, 15) is 4.79 Å². The molecular weight excluding hydrogens is 190 g/mol. The van der Waals surface area contributed by atoms with Crippen LogP contribution in [0.5, 0.6) is 0 Å². The van der Waals surface area contributed by atoms with Gasteiger partial charge in [-0.1, -0.05) is 13.8 Å². The number of esters is 1. The highest BCUT2D eigenvalue weighted by Gasteiger charge is 2.30. The fourth-order valence-corrected chi connectivity index (χ4v) is 2.34. The third-order valence-electron chi connectivity index (χ3n) is 3.15. The van der Waals surface area contributed by atoms with E-state index >= 15 is 0 Å². The second kappa shape index (κ2) is 5.50. The molecule has 15 heavy (non-hydrogen) atoms. The Kier molecular flexibility index (Phi) is 4.58. The number of carbonyl (C=O) groups excluding carboxylic acids is 1. The van der Waals surface area contributed by atoms with Crippen molar-refractivity contribution in [3.05, 3.63) is 0 Å². The normalized spacial score (nSPS) is 28.1. The summed E-state index contributed by atoms with van der Waals surface area (Å²) in [5.41, 5.74) is 0. The van der Waals surface area contributed by atoms with Crippen LogP contribution < -0.4 is 0 Å². The molecule has 3 heteroatoms. The number of carbonyl (C=O) groups is 1. The topological polar surface area (TPSA) is 29.5 Å². The summed E-state index contributed by atoms with van der Waals surface area (Å²) in [4.78, 5) is 13.9. The van der Waals surface area contributed by atoms with Crippen LogP contribution in [0.1, 0.15) is 33.6 Å². The van der Waals surface area contributed by atoms with Gasteiger partial charge in [0.15, 0.2) is 0 Å². The lowest BCUT2D eigenvalue weighted by atomic mass is 9.91. The van der Waals surface area contributed by atoms with Crippen molar-refractivity contribution in [2.45, 2.75) is 39.7 Å². The van der Waals surface area contributed by atoms with Gasteiger partial charge in [-0.25, -0.2) is 0 Å². The Morgan fingerprint density at radius 3 is 2.67 bits per heavy atom. The number of likely N-dealkylation sites (tertiary alicyclic amines) is 1. The molecule has 3 nitrogen and oxygen atoms in total. The van der Waals surface area contributed by atoms with Crippen LogP contribution in [0.25, 0.3) is 0 Å². The smallest absolute Gasteiger partial charge is 0.308 e. The first kappa shape index (κ1) is 12.5. The number of ether oxygens (including phenoxy) is 1. The Hall–Kier alpha value is -0.570. The van der Waals surface area contributed by atoms with Gasteiger partial charge in [0.25, 0.3) is 0 Å². The number of hydrogen-bond acceptors (Lipinski definition) is 3. The molecular formula is C12H23NO2. The van der Waals surface area contributed by atoms with Crippen LogP contribution >= 0.6 is 0 Å². The third-order valence-corrected chi connectivity index (χ3v) is 3.15. The van der Waals surface area contributed by atoms with Gasteiger partial charge in [0.1, 0.15) is 0 Å². The SMILES string of the molecule is COC(=O)C1CCN(CC(C)C)C(C)C1. The van der Waals surface area contributed by atoms with E-state index in [1.54, 1.807) is 0 Å². The Balaban J connectivity index is 2.44. The summed E-state index contributed by atoms with van der Waals surface area (Å²) in [6.07, 6.45) is 1.89. The summed E-state index contributed by atoms with van der Waals surface area (Å²) in [5.74, 6) is 0.779. The molecule has 88 valence electrons. The number of methoxy groups -OCH3 is 1. The maximum atomic E-state index is 11.4. The number of rotatable bonds is 3. The first-order valence-corrected chi connectivity index (χ1v) is 5.86. The van der Waals surface area contributed by atoms with Crippen LogP contribution in [0, 0.1) is 11.8 Å². The van der Waals surface area contributed by atoms with Crippen molar-refractivity contribution < 1.29 is 9.53 Å². The molecule has 2 unspecified atom stereocenters. The Labute approximate surface area is 92.8 Å². The first-order valence-electron chi connectivity index (χ1n) is 5.86. The lowest BCUT2D eigenvalue weighted by Gasteiger charge is -2.37. The molecule has 0 aromatic heterocycles. The van der Waals surface area contributed by atoms with Gasteiger partial charge in [-0.3, -0.25) is 4.79 Å². The fourth-order valence-electron chi connectivity index (χ4n) is 2.34. The first-order chi connectivity index (χ1) is 7.04. The van der Waals surface area contributed by atoms with Crippen LogP contribution in [0.15, 0.2) is 0 Å². The zero-order valence-corrected chi connectivity index (χ0v) is 10.3. The summed E-state index contributed by atoms with van der Waals surface area (Å²) >= 11 is 0. The predicted molar refractivity (Wildman–Crippen MR) is 60.6 cm³/mol. The Morgan fingerprint density at radius 1 is 1.53 bits per heavy atom. The summed E-state index contributed by atoms with van der Waals surface area (Å²) in [5, 5.41) is 0. The fraction of sp³-hybridized carbons (Fsp3) is 0.917. The largest absolute Gasteiger partial charge is 0.469 e. The van der Waals surface area contributed by atoms with Gasteiger partial charge in [-0.2, -0.15) is 0 Å². The number of nitrogens with zero attached hydrogens (tertiary/aromatic N) is 1. The van der Waals surface area contributed by atoms with Crippen molar-refractivity contribution in [1.82, 2.24) is 4.90 Å². The second-order valence-electron chi connectivity index (χ2n) is 4.98. The monoisotopic (exact) mass is 213 g/mol. The zero-order chi connectivity index (χ0) is 11.4. The number of hydrogen-bond donors (Lipinski definition) is 0. The number of piperidine rings is 1. The van der Waals surface area contributed by atoms with Crippen molar-refractivity contribution in [3.8, 4) is 0 Å². The second-order valence-corrected chi connectivity index (χ2v) is 4.98. The van der Waals surface area contributed by atoms with Crippen LogP contribution in [0.3, 0.4) is 0 Å². The molecule has 0 aromatic carbocycles. The van der Waals surface area contributed by atoms with E-state index < -0.39 is 0 Å². The molecule has 1 saturated heterocycles. The lowest BCUT2D eigenvalue weighted by molar-refractivity contribution is -0.147. The van der Waals surface area contributed by atoms with E-state index in [2.05, 4.69) is 25.7 Å². The Bertz CT molecular complexity index is 216. The van der Waals surface area contributed by atoms with Gasteiger partial charge in [-0.15, -0.1) is 0 Å². The molecule has 0 saturated carbocycles. The van der Waals surface area contributed by atoms with Crippen molar-refractivity contribution in [3.63, 3.8) is 0 Å². The quantitative estimate of drug-likeness (QED) is 0.671. The lowest BCUT2D eigenvalue weighted by Crippen LogP contribution is -2.44. The molecule has 1 fully saturated rings. The van der Waals surface area contributed by atoms with E-state index in [0.29, 0.717) is 12.0 Å². The zero-order valence-electron chi connectivity index (χ0n) is 10.3. The highest BCUT2D eigenvalue weighted by atomic mass is 16.5. The van der Waals surface area contributed by atoms with Gasteiger partial charge in [0.05, 0.1) is 13.0 Å². The molecule has 0 aliphatic carbocycles. The molecule has 1 aliphatic heterocycles. The average molecular weight is 213 g/mol. The third kappa shape index (κ3) is 3.49. The van der Waals surface area contributed by atoms with Gasteiger partial charge in [0.2, 0.25) is 0 Å². The van der Waals surface area contributed by atoms with E-state index in [1.165, 1.54) is 7.11 Å². The molecule has 0 aromatic rings. The minimum absolute atomic E-state index is 0.0361. The summed E-state index contributed by atoms with van der Waals surface area (Å²) in [6, 6.07) is 0.505. The standard InChI is InChI=1S/C12H23NO2/c1-9(2)8-13-6-5-11(7-10(13)3)12(14)15-4/h9-11H,5-8H2,1-4H3. The van der Waals surface area contributed by atoms with Crippen LogP contribution in [-0.4, -0.2) is 37.1 Å². The predicted octanol–water partition coefficient (Wildman–Crippen LogP) is 1.92. The van der Waals surface area contributed by atoms with Gasteiger partial charge in [0, 0.05) is 12.6 Å². The highest BCUT2D eigenvalue weighted by Crippen LogP contribution is 2.24. The molecule has 0 radical (unpaired) electrons. The van der Waals surface area contributed by atoms with Crippen molar-refractivity contribution >= 4 is 5.97 Å². The van der Waals surface area contributed by atoms with E-state index in [0.717, 1.165) is 25.9 Å². The molecule has 0 amide bonds. The molecule has 1 heterocycles. The molecule has 0 bridgehead atoms. The van der Waals surface area contributed by atoms with E-state index in [1.807, 2.05) is 0 Å². The molecule has 0 N–H and O–H groups in total. The van der Waals surface area contributed by atoms with Gasteiger partial charge in [-0.05, 0) is 32.2 Å². The minimum atomic E-state index is -0.0361. The minimum Gasteiger partial charge on any atom is -0.469 e. The molecule has 0 spiro atoms. The highest BCUT2D eigenvalue weighted by molar-refractivity contribution is 5.72. The van der Waals surface area contributed by atoms with Crippen molar-refractivity contribution in [2.75, 3.05) is 20.2 Å². The van der Waals surface area contributed by atoms with Crippen LogP contribution in [0.4, 0.5) is 0 Å².